The molecule has 0 spiro atoms. The van der Waals surface area contributed by atoms with Crippen LogP contribution in [0.2, 0.25) is 0 Å². The van der Waals surface area contributed by atoms with Crippen molar-refractivity contribution in [2.24, 2.45) is 0 Å². The molecule has 0 saturated carbocycles. The molecule has 0 N–H and O–H groups in total. The second-order valence-electron chi connectivity index (χ2n) is 3.12. The maximum atomic E-state index is 10.5. The van der Waals surface area contributed by atoms with E-state index in [9.17, 15) is 10.1 Å². The summed E-state index contributed by atoms with van der Waals surface area (Å²) in [5.41, 5.74) is 0.523. The van der Waals surface area contributed by atoms with E-state index in [1.165, 1.54) is 12.1 Å². The standard InChI is InChI=1S/C9H7BrN2O3/c1-5(10)9-7-3-2-6(12(13)14)4-8(7)11-15-9/h2-5H,1H3. The molecule has 0 bridgehead atoms. The molecule has 0 aliphatic carbocycles. The van der Waals surface area contributed by atoms with Crippen molar-refractivity contribution in [3.63, 3.8) is 0 Å². The predicted molar refractivity (Wildman–Crippen MR) is 58.0 cm³/mol. The van der Waals surface area contributed by atoms with Crippen molar-refractivity contribution >= 4 is 32.5 Å². The van der Waals surface area contributed by atoms with E-state index in [1.807, 2.05) is 6.92 Å². The average Bonchev–Trinajstić information content (AvgIpc) is 2.59. The molecule has 0 aliphatic rings. The lowest BCUT2D eigenvalue weighted by Crippen LogP contribution is -1.87. The Morgan fingerprint density at radius 3 is 2.93 bits per heavy atom. The van der Waals surface area contributed by atoms with Gasteiger partial charge >= 0.3 is 0 Å². The first kappa shape index (κ1) is 10.1. The number of nitrogens with zero attached hydrogens (tertiary/aromatic N) is 2. The van der Waals surface area contributed by atoms with Crippen molar-refractivity contribution in [1.29, 1.82) is 0 Å². The highest BCUT2D eigenvalue weighted by molar-refractivity contribution is 9.09. The topological polar surface area (TPSA) is 69.2 Å². The van der Waals surface area contributed by atoms with Crippen LogP contribution in [-0.2, 0) is 0 Å². The molecule has 1 unspecified atom stereocenters. The number of hydrogen-bond acceptors (Lipinski definition) is 4. The van der Waals surface area contributed by atoms with E-state index in [1.54, 1.807) is 6.07 Å². The van der Waals surface area contributed by atoms with Crippen LogP contribution in [0.15, 0.2) is 22.7 Å². The fraction of sp³-hybridized carbons (Fsp3) is 0.222. The molecule has 1 aromatic heterocycles. The van der Waals surface area contributed by atoms with Crippen LogP contribution in [-0.4, -0.2) is 10.1 Å². The summed E-state index contributed by atoms with van der Waals surface area (Å²) in [6, 6.07) is 4.49. The highest BCUT2D eigenvalue weighted by Gasteiger charge is 2.15. The number of alkyl halides is 1. The normalized spacial score (nSPS) is 12.9. The molecule has 2 rings (SSSR count). The molecular formula is C9H7BrN2O3. The van der Waals surface area contributed by atoms with Gasteiger partial charge in [-0.25, -0.2) is 0 Å². The largest absolute Gasteiger partial charge is 0.359 e. The molecule has 2 aromatic rings. The van der Waals surface area contributed by atoms with Gasteiger partial charge in [0.2, 0.25) is 0 Å². The van der Waals surface area contributed by atoms with E-state index < -0.39 is 4.92 Å². The van der Waals surface area contributed by atoms with E-state index in [0.717, 1.165) is 5.39 Å². The number of benzene rings is 1. The Labute approximate surface area is 93.3 Å². The summed E-state index contributed by atoms with van der Waals surface area (Å²) in [5, 5.41) is 15.1. The summed E-state index contributed by atoms with van der Waals surface area (Å²) in [6.45, 7) is 1.90. The van der Waals surface area contributed by atoms with Gasteiger partial charge in [-0.2, -0.15) is 0 Å². The van der Waals surface area contributed by atoms with Crippen LogP contribution in [0.25, 0.3) is 10.9 Å². The van der Waals surface area contributed by atoms with Gasteiger partial charge < -0.3 is 4.52 Å². The molecule has 0 saturated heterocycles. The monoisotopic (exact) mass is 270 g/mol. The first-order valence-electron chi connectivity index (χ1n) is 4.27. The molecule has 1 heterocycles. The zero-order valence-electron chi connectivity index (χ0n) is 7.81. The summed E-state index contributed by atoms with van der Waals surface area (Å²) < 4.78 is 5.09. The number of halogens is 1. The predicted octanol–water partition coefficient (Wildman–Crippen LogP) is 3.19. The molecule has 0 radical (unpaired) electrons. The smallest absolute Gasteiger partial charge is 0.271 e. The van der Waals surface area contributed by atoms with E-state index >= 15 is 0 Å². The van der Waals surface area contributed by atoms with Gasteiger partial charge in [0, 0.05) is 17.5 Å². The van der Waals surface area contributed by atoms with Crippen molar-refractivity contribution in [1.82, 2.24) is 5.16 Å². The molecule has 5 nitrogen and oxygen atoms in total. The number of nitro benzene ring substituents is 1. The van der Waals surface area contributed by atoms with Gasteiger partial charge in [0.05, 0.1) is 9.75 Å². The van der Waals surface area contributed by atoms with Crippen molar-refractivity contribution in [2.75, 3.05) is 0 Å². The third-order valence-electron chi connectivity index (χ3n) is 2.06. The Bertz CT molecular complexity index is 521. The Hall–Kier alpha value is -1.43. The molecule has 1 aromatic carbocycles. The quantitative estimate of drug-likeness (QED) is 0.477. The Balaban J connectivity index is 2.61. The number of hydrogen-bond donors (Lipinski definition) is 0. The number of non-ortho nitro benzene ring substituents is 1. The highest BCUT2D eigenvalue weighted by atomic mass is 79.9. The summed E-state index contributed by atoms with van der Waals surface area (Å²) in [6.07, 6.45) is 0. The zero-order chi connectivity index (χ0) is 11.0. The molecule has 0 fully saturated rings. The second-order valence-corrected chi connectivity index (χ2v) is 4.49. The van der Waals surface area contributed by atoms with Crippen LogP contribution in [0.1, 0.15) is 17.5 Å². The van der Waals surface area contributed by atoms with Crippen LogP contribution in [0, 0.1) is 10.1 Å². The van der Waals surface area contributed by atoms with Crippen LogP contribution in [0.5, 0.6) is 0 Å². The zero-order valence-corrected chi connectivity index (χ0v) is 9.39. The van der Waals surface area contributed by atoms with Gasteiger partial charge in [-0.15, -0.1) is 0 Å². The molecule has 6 heteroatoms. The SMILES string of the molecule is CC(Br)c1onc2cc([N+](=O)[O-])ccc12. The van der Waals surface area contributed by atoms with Gasteiger partial charge in [-0.05, 0) is 13.0 Å². The summed E-state index contributed by atoms with van der Waals surface area (Å²) in [7, 11) is 0. The van der Waals surface area contributed by atoms with Crippen molar-refractivity contribution in [2.45, 2.75) is 11.8 Å². The van der Waals surface area contributed by atoms with Gasteiger partial charge in [0.25, 0.3) is 5.69 Å². The van der Waals surface area contributed by atoms with Crippen molar-refractivity contribution < 1.29 is 9.45 Å². The van der Waals surface area contributed by atoms with Gasteiger partial charge in [0.1, 0.15) is 5.52 Å². The molecule has 78 valence electrons. The molecule has 0 aliphatic heterocycles. The third kappa shape index (κ3) is 1.72. The Kier molecular flexibility index (Phi) is 2.44. The van der Waals surface area contributed by atoms with E-state index in [-0.39, 0.29) is 10.5 Å². The average molecular weight is 271 g/mol. The van der Waals surface area contributed by atoms with E-state index in [0.29, 0.717) is 11.3 Å². The molecular weight excluding hydrogens is 264 g/mol. The number of rotatable bonds is 2. The summed E-state index contributed by atoms with van der Waals surface area (Å²) in [5.74, 6) is 0.680. The minimum Gasteiger partial charge on any atom is -0.359 e. The maximum absolute atomic E-state index is 10.5. The molecule has 15 heavy (non-hydrogen) atoms. The molecule has 0 amide bonds. The minimum absolute atomic E-state index is 0.0181. The first-order valence-corrected chi connectivity index (χ1v) is 5.19. The summed E-state index contributed by atoms with van der Waals surface area (Å²) >= 11 is 3.36. The number of fused-ring (bicyclic) bond motifs is 1. The minimum atomic E-state index is -0.453. The lowest BCUT2D eigenvalue weighted by Gasteiger charge is -1.96. The summed E-state index contributed by atoms with van der Waals surface area (Å²) in [4.78, 5) is 10.1. The third-order valence-corrected chi connectivity index (χ3v) is 2.48. The van der Waals surface area contributed by atoms with Gasteiger partial charge in [0.15, 0.2) is 5.76 Å². The van der Waals surface area contributed by atoms with E-state index in [2.05, 4.69) is 21.1 Å². The lowest BCUT2D eigenvalue weighted by atomic mass is 10.2. The van der Waals surface area contributed by atoms with Crippen molar-refractivity contribution in [3.05, 3.63) is 34.1 Å². The van der Waals surface area contributed by atoms with Gasteiger partial charge in [-0.3, -0.25) is 10.1 Å². The van der Waals surface area contributed by atoms with Crippen LogP contribution in [0.3, 0.4) is 0 Å². The Morgan fingerprint density at radius 1 is 1.60 bits per heavy atom. The number of nitro groups is 1. The Morgan fingerprint density at radius 2 is 2.33 bits per heavy atom. The van der Waals surface area contributed by atoms with Crippen LogP contribution >= 0.6 is 15.9 Å². The highest BCUT2D eigenvalue weighted by Crippen LogP contribution is 2.30. The fourth-order valence-corrected chi connectivity index (χ4v) is 1.68. The number of aromatic nitrogens is 1. The maximum Gasteiger partial charge on any atom is 0.271 e. The van der Waals surface area contributed by atoms with Crippen LogP contribution in [0.4, 0.5) is 5.69 Å². The van der Waals surface area contributed by atoms with Gasteiger partial charge in [-0.1, -0.05) is 21.1 Å². The first-order chi connectivity index (χ1) is 7.09. The lowest BCUT2D eigenvalue weighted by molar-refractivity contribution is -0.384. The fourth-order valence-electron chi connectivity index (χ4n) is 1.35. The van der Waals surface area contributed by atoms with Crippen molar-refractivity contribution in [3.8, 4) is 0 Å². The van der Waals surface area contributed by atoms with E-state index in [4.69, 9.17) is 4.52 Å². The second kappa shape index (κ2) is 3.62. The molecule has 1 atom stereocenters. The van der Waals surface area contributed by atoms with Crippen LogP contribution < -0.4 is 0 Å².